The molecule has 0 saturated heterocycles. The summed E-state index contributed by atoms with van der Waals surface area (Å²) >= 11 is 0. The number of hydrogen-bond donors (Lipinski definition) is 1. The number of nitrogens with zero attached hydrogens (tertiary/aromatic N) is 1. The summed E-state index contributed by atoms with van der Waals surface area (Å²) in [6.45, 7) is 4.17. The Bertz CT molecular complexity index is 504. The molecule has 2 aromatic rings. The Morgan fingerprint density at radius 1 is 1.35 bits per heavy atom. The minimum Gasteiger partial charge on any atom is -0.438 e. The zero-order valence-corrected chi connectivity index (χ0v) is 9.81. The van der Waals surface area contributed by atoms with Gasteiger partial charge in [-0.15, -0.1) is 0 Å². The molecule has 1 heterocycles. The normalized spacial score (nSPS) is 10.5. The number of nitrogens with one attached hydrogen (secondary N) is 1. The smallest absolute Gasteiger partial charge is 0.293 e. The van der Waals surface area contributed by atoms with E-state index in [9.17, 15) is 4.79 Å². The van der Waals surface area contributed by atoms with Crippen LogP contribution in [0.2, 0.25) is 0 Å². The predicted octanol–water partition coefficient (Wildman–Crippen LogP) is 3.05. The summed E-state index contributed by atoms with van der Waals surface area (Å²) < 4.78 is 4.94. The van der Waals surface area contributed by atoms with E-state index in [1.165, 1.54) is 12.6 Å². The zero-order valence-electron chi connectivity index (χ0n) is 9.81. The molecule has 4 heteroatoms. The lowest BCUT2D eigenvalue weighted by Crippen LogP contribution is -2.12. The van der Waals surface area contributed by atoms with Crippen molar-refractivity contribution in [1.29, 1.82) is 0 Å². The van der Waals surface area contributed by atoms with Crippen molar-refractivity contribution in [2.75, 3.05) is 5.32 Å². The molecular formula is C13H14N2O2. The molecule has 0 saturated carbocycles. The first-order chi connectivity index (χ1) is 8.18. The van der Waals surface area contributed by atoms with Crippen molar-refractivity contribution in [3.63, 3.8) is 0 Å². The van der Waals surface area contributed by atoms with E-state index in [4.69, 9.17) is 4.42 Å². The zero-order chi connectivity index (χ0) is 12.3. The molecular weight excluding hydrogens is 216 g/mol. The van der Waals surface area contributed by atoms with Crippen molar-refractivity contribution < 1.29 is 9.21 Å². The molecule has 1 aromatic heterocycles. The van der Waals surface area contributed by atoms with Crippen molar-refractivity contribution in [3.8, 4) is 0 Å². The van der Waals surface area contributed by atoms with Crippen LogP contribution in [0.3, 0.4) is 0 Å². The summed E-state index contributed by atoms with van der Waals surface area (Å²) in [5.74, 6) is 0.278. The Morgan fingerprint density at radius 3 is 2.76 bits per heavy atom. The summed E-state index contributed by atoms with van der Waals surface area (Å²) in [6, 6.07) is 7.73. The Hall–Kier alpha value is -2.10. The Kier molecular flexibility index (Phi) is 3.23. The second-order valence-electron chi connectivity index (χ2n) is 4.06. The first-order valence-corrected chi connectivity index (χ1v) is 5.47. The highest BCUT2D eigenvalue weighted by atomic mass is 16.3. The fourth-order valence-corrected chi connectivity index (χ4v) is 1.63. The van der Waals surface area contributed by atoms with Gasteiger partial charge in [0.15, 0.2) is 6.39 Å². The van der Waals surface area contributed by atoms with Crippen LogP contribution in [-0.2, 0) is 0 Å². The van der Waals surface area contributed by atoms with Crippen molar-refractivity contribution in [2.45, 2.75) is 19.8 Å². The fourth-order valence-electron chi connectivity index (χ4n) is 1.63. The number of hydrogen-bond acceptors (Lipinski definition) is 3. The fraction of sp³-hybridized carbons (Fsp3) is 0.231. The summed E-state index contributed by atoms with van der Waals surface area (Å²) in [5.41, 5.74) is 1.91. The Balaban J connectivity index is 2.22. The lowest BCUT2D eigenvalue weighted by atomic mass is 10.0. The SMILES string of the molecule is CC(C)c1ccccc1NC(=O)c1cnco1. The molecule has 0 aliphatic rings. The van der Waals surface area contributed by atoms with E-state index in [1.54, 1.807) is 0 Å². The maximum Gasteiger partial charge on any atom is 0.293 e. The van der Waals surface area contributed by atoms with Gasteiger partial charge in [0.25, 0.3) is 5.91 Å². The number of carbonyl (C=O) groups is 1. The molecule has 1 amide bonds. The van der Waals surface area contributed by atoms with Gasteiger partial charge in [-0.3, -0.25) is 4.79 Å². The molecule has 0 atom stereocenters. The van der Waals surface area contributed by atoms with E-state index in [1.807, 2.05) is 24.3 Å². The van der Waals surface area contributed by atoms with Gasteiger partial charge >= 0.3 is 0 Å². The number of carbonyl (C=O) groups excluding carboxylic acids is 1. The molecule has 0 aliphatic heterocycles. The minimum absolute atomic E-state index is 0.212. The summed E-state index contributed by atoms with van der Waals surface area (Å²) in [4.78, 5) is 15.5. The molecule has 0 spiro atoms. The number of aromatic nitrogens is 1. The molecule has 17 heavy (non-hydrogen) atoms. The second kappa shape index (κ2) is 4.82. The van der Waals surface area contributed by atoms with Crippen molar-refractivity contribution in [1.82, 2.24) is 4.98 Å². The van der Waals surface area contributed by atoms with E-state index in [2.05, 4.69) is 24.1 Å². The number of anilines is 1. The van der Waals surface area contributed by atoms with E-state index < -0.39 is 0 Å². The average Bonchev–Trinajstić information content (AvgIpc) is 2.83. The molecule has 0 bridgehead atoms. The third kappa shape index (κ3) is 2.53. The van der Waals surface area contributed by atoms with Crippen LogP contribution in [0.4, 0.5) is 5.69 Å². The topological polar surface area (TPSA) is 55.1 Å². The van der Waals surface area contributed by atoms with Gasteiger partial charge in [-0.2, -0.15) is 0 Å². The van der Waals surface area contributed by atoms with Crippen LogP contribution in [0.1, 0.15) is 35.9 Å². The summed E-state index contributed by atoms with van der Waals surface area (Å²) in [6.07, 6.45) is 2.64. The third-order valence-electron chi connectivity index (χ3n) is 2.49. The number of benzene rings is 1. The quantitative estimate of drug-likeness (QED) is 0.881. The van der Waals surface area contributed by atoms with Gasteiger partial charge in [0.2, 0.25) is 5.76 Å². The number of amides is 1. The molecule has 1 aromatic carbocycles. The molecule has 0 fully saturated rings. The van der Waals surface area contributed by atoms with Crippen LogP contribution in [0.15, 0.2) is 41.3 Å². The molecule has 4 nitrogen and oxygen atoms in total. The second-order valence-corrected chi connectivity index (χ2v) is 4.06. The molecule has 0 aliphatic carbocycles. The van der Waals surface area contributed by atoms with Gasteiger partial charge in [-0.05, 0) is 17.5 Å². The number of para-hydroxylation sites is 1. The van der Waals surface area contributed by atoms with Crippen LogP contribution in [-0.4, -0.2) is 10.9 Å². The highest BCUT2D eigenvalue weighted by Crippen LogP contribution is 2.24. The predicted molar refractivity (Wildman–Crippen MR) is 65.0 cm³/mol. The standard InChI is InChI=1S/C13H14N2O2/c1-9(2)10-5-3-4-6-11(10)15-13(16)12-7-14-8-17-12/h3-9H,1-2H3,(H,15,16). The first-order valence-electron chi connectivity index (χ1n) is 5.47. The van der Waals surface area contributed by atoms with Gasteiger partial charge in [-0.1, -0.05) is 32.0 Å². The largest absolute Gasteiger partial charge is 0.438 e. The maximum absolute atomic E-state index is 11.8. The monoisotopic (exact) mass is 230 g/mol. The van der Waals surface area contributed by atoms with Crippen molar-refractivity contribution >= 4 is 11.6 Å². The van der Waals surface area contributed by atoms with Gasteiger partial charge in [-0.25, -0.2) is 4.98 Å². The third-order valence-corrected chi connectivity index (χ3v) is 2.49. The molecule has 0 radical (unpaired) electrons. The number of oxazole rings is 1. The lowest BCUT2D eigenvalue weighted by Gasteiger charge is -2.12. The van der Waals surface area contributed by atoms with Crippen LogP contribution < -0.4 is 5.32 Å². The molecule has 2 rings (SSSR count). The molecule has 88 valence electrons. The van der Waals surface area contributed by atoms with Crippen LogP contribution in [0.25, 0.3) is 0 Å². The van der Waals surface area contributed by atoms with E-state index in [0.29, 0.717) is 5.92 Å². The summed E-state index contributed by atoms with van der Waals surface area (Å²) in [7, 11) is 0. The molecule has 1 N–H and O–H groups in total. The number of rotatable bonds is 3. The minimum atomic E-state index is -0.282. The van der Waals surface area contributed by atoms with Gasteiger partial charge < -0.3 is 9.73 Å². The van der Waals surface area contributed by atoms with Gasteiger partial charge in [0, 0.05) is 5.69 Å². The Morgan fingerprint density at radius 2 is 2.12 bits per heavy atom. The van der Waals surface area contributed by atoms with Gasteiger partial charge in [0.05, 0.1) is 6.20 Å². The van der Waals surface area contributed by atoms with Crippen LogP contribution in [0.5, 0.6) is 0 Å². The maximum atomic E-state index is 11.8. The highest BCUT2D eigenvalue weighted by Gasteiger charge is 2.12. The average molecular weight is 230 g/mol. The molecule has 0 unspecified atom stereocenters. The van der Waals surface area contributed by atoms with E-state index >= 15 is 0 Å². The van der Waals surface area contributed by atoms with Crippen molar-refractivity contribution in [2.24, 2.45) is 0 Å². The highest BCUT2D eigenvalue weighted by molar-refractivity contribution is 6.02. The van der Waals surface area contributed by atoms with Crippen molar-refractivity contribution in [3.05, 3.63) is 48.2 Å². The summed E-state index contributed by atoms with van der Waals surface area (Å²) in [5, 5.41) is 2.82. The Labute approximate surface area is 99.7 Å². The van der Waals surface area contributed by atoms with E-state index in [-0.39, 0.29) is 11.7 Å². The first kappa shape index (κ1) is 11.4. The van der Waals surface area contributed by atoms with Crippen LogP contribution in [0, 0.1) is 0 Å². The van der Waals surface area contributed by atoms with Gasteiger partial charge in [0.1, 0.15) is 0 Å². The van der Waals surface area contributed by atoms with E-state index in [0.717, 1.165) is 11.3 Å². The lowest BCUT2D eigenvalue weighted by molar-refractivity contribution is 0.0996. The van der Waals surface area contributed by atoms with Crippen LogP contribution >= 0.6 is 0 Å².